The van der Waals surface area contributed by atoms with Crippen molar-refractivity contribution in [3.05, 3.63) is 23.2 Å². The molecule has 0 aromatic carbocycles. The zero-order valence-electron chi connectivity index (χ0n) is 16.7. The van der Waals surface area contributed by atoms with E-state index < -0.39 is 11.7 Å². The Balaban J connectivity index is 1.75. The van der Waals surface area contributed by atoms with Crippen LogP contribution in [0.25, 0.3) is 0 Å². The number of methoxy groups -OCH3 is 1. The molecule has 1 aliphatic carbocycles. The van der Waals surface area contributed by atoms with Crippen LogP contribution in [0.1, 0.15) is 65.7 Å². The van der Waals surface area contributed by atoms with Gasteiger partial charge in [-0.05, 0) is 70.1 Å². The van der Waals surface area contributed by atoms with E-state index in [1.165, 1.54) is 40.2 Å². The van der Waals surface area contributed by atoms with Gasteiger partial charge in [0.15, 0.2) is 11.7 Å². The molecule has 0 amide bonds. The lowest BCUT2D eigenvalue weighted by Crippen LogP contribution is -2.34. The molecule has 150 valence electrons. The first-order chi connectivity index (χ1) is 12.5. The van der Waals surface area contributed by atoms with Crippen LogP contribution in [0, 0.1) is 17.8 Å². The van der Waals surface area contributed by atoms with Crippen molar-refractivity contribution in [1.29, 1.82) is 0 Å². The third-order valence-electron chi connectivity index (χ3n) is 6.05. The Hall–Kier alpha value is -1.10. The monoisotopic (exact) mass is 372 g/mol. The maximum absolute atomic E-state index is 14.0. The Morgan fingerprint density at radius 3 is 2.08 bits per heavy atom. The normalized spacial score (nSPS) is 31.8. The van der Waals surface area contributed by atoms with Gasteiger partial charge in [-0.1, -0.05) is 13.3 Å². The topological polar surface area (TPSA) is 27.7 Å². The Kier molecular flexibility index (Phi) is 8.39. The average molecular weight is 372 g/mol. The molecule has 1 heterocycles. The lowest BCUT2D eigenvalue weighted by atomic mass is 9.77. The SMILES string of the molecule is CCC1CCC(C2CCC(CO/C(C)=C(F)/C(F)=C(\C)OC)CC2)OC1. The van der Waals surface area contributed by atoms with Gasteiger partial charge in [0.2, 0.25) is 0 Å². The van der Waals surface area contributed by atoms with Crippen LogP contribution in [0.3, 0.4) is 0 Å². The quantitative estimate of drug-likeness (QED) is 0.401. The van der Waals surface area contributed by atoms with Crippen molar-refractivity contribution < 1.29 is 23.0 Å². The van der Waals surface area contributed by atoms with Gasteiger partial charge in [-0.15, -0.1) is 0 Å². The molecule has 0 aromatic rings. The van der Waals surface area contributed by atoms with E-state index in [9.17, 15) is 8.78 Å². The Morgan fingerprint density at radius 2 is 1.54 bits per heavy atom. The summed E-state index contributed by atoms with van der Waals surface area (Å²) in [6.45, 7) is 6.43. The summed E-state index contributed by atoms with van der Waals surface area (Å²) in [7, 11) is 1.31. The largest absolute Gasteiger partial charge is 0.498 e. The molecule has 0 bridgehead atoms. The number of hydrogen-bond acceptors (Lipinski definition) is 3. The second-order valence-corrected chi connectivity index (χ2v) is 7.76. The average Bonchev–Trinajstić information content (AvgIpc) is 2.70. The second kappa shape index (κ2) is 10.3. The van der Waals surface area contributed by atoms with Crippen LogP contribution in [-0.2, 0) is 14.2 Å². The summed E-state index contributed by atoms with van der Waals surface area (Å²) in [5, 5.41) is 0. The van der Waals surface area contributed by atoms with Gasteiger partial charge in [-0.25, -0.2) is 0 Å². The zero-order chi connectivity index (χ0) is 19.1. The molecule has 2 atom stereocenters. The van der Waals surface area contributed by atoms with E-state index in [0.29, 0.717) is 24.5 Å². The van der Waals surface area contributed by atoms with Gasteiger partial charge in [0.1, 0.15) is 11.5 Å². The minimum Gasteiger partial charge on any atom is -0.498 e. The van der Waals surface area contributed by atoms with Crippen molar-refractivity contribution in [3.8, 4) is 0 Å². The summed E-state index contributed by atoms with van der Waals surface area (Å²) in [6.07, 6.45) is 8.48. The van der Waals surface area contributed by atoms with E-state index in [1.807, 2.05) is 0 Å². The standard InChI is InChI=1S/C21H34F2O3/c1-5-16-8-11-19(26-12-16)18-9-6-17(7-10-18)13-25-15(3)21(23)20(22)14(2)24-4/h16-19H,5-13H2,1-4H3/b20-14-,21-15-. The molecule has 1 saturated carbocycles. The number of halogens is 2. The summed E-state index contributed by atoms with van der Waals surface area (Å²) >= 11 is 0. The Bertz CT molecular complexity index is 499. The van der Waals surface area contributed by atoms with E-state index >= 15 is 0 Å². The molecule has 0 aromatic heterocycles. The van der Waals surface area contributed by atoms with Crippen LogP contribution in [0.2, 0.25) is 0 Å². The van der Waals surface area contributed by atoms with Crippen molar-refractivity contribution in [2.45, 2.75) is 71.8 Å². The molecular formula is C21H34F2O3. The van der Waals surface area contributed by atoms with Gasteiger partial charge < -0.3 is 14.2 Å². The minimum absolute atomic E-state index is 0.0118. The summed E-state index contributed by atoms with van der Waals surface area (Å²) in [5.41, 5.74) is 0. The van der Waals surface area contributed by atoms with Crippen molar-refractivity contribution in [3.63, 3.8) is 0 Å². The number of rotatable bonds is 7. The molecule has 1 aliphatic heterocycles. The Labute approximate surface area is 156 Å². The molecule has 0 spiro atoms. The van der Waals surface area contributed by atoms with Crippen LogP contribution in [0.5, 0.6) is 0 Å². The highest BCUT2D eigenvalue weighted by Gasteiger charge is 2.31. The first kappa shape index (κ1) is 21.2. The predicted molar refractivity (Wildman–Crippen MR) is 98.8 cm³/mol. The van der Waals surface area contributed by atoms with Gasteiger partial charge >= 0.3 is 0 Å². The molecule has 0 radical (unpaired) electrons. The second-order valence-electron chi connectivity index (χ2n) is 7.76. The van der Waals surface area contributed by atoms with Crippen molar-refractivity contribution >= 4 is 0 Å². The first-order valence-corrected chi connectivity index (χ1v) is 9.97. The first-order valence-electron chi connectivity index (χ1n) is 9.97. The molecule has 3 nitrogen and oxygen atoms in total. The molecule has 26 heavy (non-hydrogen) atoms. The number of hydrogen-bond donors (Lipinski definition) is 0. The predicted octanol–water partition coefficient (Wildman–Crippen LogP) is 6.06. The van der Waals surface area contributed by atoms with Gasteiger partial charge in [0.05, 0.1) is 19.8 Å². The maximum Gasteiger partial charge on any atom is 0.199 e. The van der Waals surface area contributed by atoms with E-state index in [0.717, 1.165) is 38.2 Å². The molecule has 2 rings (SSSR count). The fourth-order valence-corrected chi connectivity index (χ4v) is 3.95. The fraction of sp³-hybridized carbons (Fsp3) is 0.810. The molecule has 1 saturated heterocycles. The highest BCUT2D eigenvalue weighted by molar-refractivity contribution is 5.23. The summed E-state index contributed by atoms with van der Waals surface area (Å²) in [6, 6.07) is 0. The summed E-state index contributed by atoms with van der Waals surface area (Å²) in [4.78, 5) is 0. The minimum atomic E-state index is -0.992. The molecule has 0 N–H and O–H groups in total. The Morgan fingerprint density at radius 1 is 0.923 bits per heavy atom. The van der Waals surface area contributed by atoms with E-state index in [1.54, 1.807) is 0 Å². The van der Waals surface area contributed by atoms with Crippen molar-refractivity contribution in [2.75, 3.05) is 20.3 Å². The van der Waals surface area contributed by atoms with Gasteiger partial charge in [0.25, 0.3) is 0 Å². The van der Waals surface area contributed by atoms with E-state index in [2.05, 4.69) is 6.92 Å². The lowest BCUT2D eigenvalue weighted by molar-refractivity contribution is -0.0603. The van der Waals surface area contributed by atoms with E-state index in [-0.39, 0.29) is 11.5 Å². The van der Waals surface area contributed by atoms with Gasteiger partial charge in [-0.3, -0.25) is 0 Å². The molecule has 2 unspecified atom stereocenters. The van der Waals surface area contributed by atoms with Crippen molar-refractivity contribution in [2.24, 2.45) is 17.8 Å². The summed E-state index contributed by atoms with van der Waals surface area (Å²) in [5.74, 6) is -0.283. The van der Waals surface area contributed by atoms with Crippen LogP contribution in [0.15, 0.2) is 23.2 Å². The number of ether oxygens (including phenoxy) is 3. The maximum atomic E-state index is 14.0. The van der Waals surface area contributed by atoms with Gasteiger partial charge in [0, 0.05) is 6.61 Å². The zero-order valence-corrected chi connectivity index (χ0v) is 16.7. The highest BCUT2D eigenvalue weighted by atomic mass is 19.2. The van der Waals surface area contributed by atoms with Crippen LogP contribution in [-0.4, -0.2) is 26.4 Å². The van der Waals surface area contributed by atoms with Crippen LogP contribution in [0.4, 0.5) is 8.78 Å². The molecular weight excluding hydrogens is 338 g/mol. The fourth-order valence-electron chi connectivity index (χ4n) is 3.95. The van der Waals surface area contributed by atoms with Crippen LogP contribution < -0.4 is 0 Å². The van der Waals surface area contributed by atoms with E-state index in [4.69, 9.17) is 14.2 Å². The summed E-state index contributed by atoms with van der Waals surface area (Å²) < 4.78 is 44.1. The third kappa shape index (κ3) is 5.70. The highest BCUT2D eigenvalue weighted by Crippen LogP contribution is 2.36. The lowest BCUT2D eigenvalue weighted by Gasteiger charge is -2.37. The molecule has 2 fully saturated rings. The van der Waals surface area contributed by atoms with Gasteiger partial charge in [-0.2, -0.15) is 8.78 Å². The molecule has 2 aliphatic rings. The smallest absolute Gasteiger partial charge is 0.199 e. The van der Waals surface area contributed by atoms with Crippen molar-refractivity contribution in [1.82, 2.24) is 0 Å². The van der Waals surface area contributed by atoms with Crippen LogP contribution >= 0.6 is 0 Å². The number of allylic oxidation sites excluding steroid dienone is 4. The molecule has 5 heteroatoms. The third-order valence-corrected chi connectivity index (χ3v) is 6.05.